The fourth-order valence-electron chi connectivity index (χ4n) is 8.41. The third kappa shape index (κ3) is 3.72. The lowest BCUT2D eigenvalue weighted by Gasteiger charge is -2.59. The number of allylic oxidation sites excluding steroid dienone is 1. The smallest absolute Gasteiger partial charge is 0.159 e. The van der Waals surface area contributed by atoms with Crippen molar-refractivity contribution in [2.24, 2.45) is 40.4 Å². The molecule has 3 saturated carbocycles. The number of ketones is 1. The number of aliphatic hydroxyl groups is 4. The van der Waals surface area contributed by atoms with E-state index in [1.165, 1.54) is 5.57 Å². The van der Waals surface area contributed by atoms with Gasteiger partial charge in [0.15, 0.2) is 5.78 Å². The van der Waals surface area contributed by atoms with E-state index in [4.69, 9.17) is 0 Å². The van der Waals surface area contributed by atoms with Crippen molar-refractivity contribution in [3.8, 4) is 0 Å². The van der Waals surface area contributed by atoms with Gasteiger partial charge in [-0.3, -0.25) is 4.79 Å². The monoisotopic (exact) mass is 448 g/mol. The molecule has 4 rings (SSSR count). The molecule has 0 radical (unpaired) electrons. The fraction of sp³-hybridized carbons (Fsp3) is 0.889. The number of Topliss-reactive ketones (excluding diaryl/α,β-unsaturated/α-hetero) is 1. The first-order valence-corrected chi connectivity index (χ1v) is 13.0. The zero-order valence-electron chi connectivity index (χ0n) is 20.4. The summed E-state index contributed by atoms with van der Waals surface area (Å²) in [7, 11) is 0. The number of fused-ring (bicyclic) bond motifs is 4. The van der Waals surface area contributed by atoms with Crippen LogP contribution in [-0.2, 0) is 4.79 Å². The van der Waals surface area contributed by atoms with Crippen molar-refractivity contribution >= 4 is 5.78 Å². The normalized spacial score (nSPS) is 45.8. The van der Waals surface area contributed by atoms with Gasteiger partial charge in [-0.1, -0.05) is 46.1 Å². The lowest BCUT2D eigenvalue weighted by molar-refractivity contribution is -0.166. The molecule has 3 fully saturated rings. The van der Waals surface area contributed by atoms with Crippen molar-refractivity contribution in [2.75, 3.05) is 6.61 Å². The molecule has 10 atom stereocenters. The van der Waals surface area contributed by atoms with E-state index in [1.807, 2.05) is 0 Å². The maximum absolute atomic E-state index is 13.4. The molecule has 0 aromatic heterocycles. The van der Waals surface area contributed by atoms with Gasteiger partial charge in [0.25, 0.3) is 0 Å². The third-order valence-electron chi connectivity index (χ3n) is 10.3. The molecule has 0 saturated heterocycles. The van der Waals surface area contributed by atoms with Gasteiger partial charge >= 0.3 is 0 Å². The van der Waals surface area contributed by atoms with Crippen LogP contribution in [0.1, 0.15) is 85.5 Å². The van der Waals surface area contributed by atoms with E-state index in [0.29, 0.717) is 37.0 Å². The van der Waals surface area contributed by atoms with Gasteiger partial charge in [-0.2, -0.15) is 0 Å². The maximum atomic E-state index is 13.4. The molecule has 32 heavy (non-hydrogen) atoms. The summed E-state index contributed by atoms with van der Waals surface area (Å²) >= 11 is 0. The van der Waals surface area contributed by atoms with E-state index in [2.05, 4.69) is 27.7 Å². The molecule has 5 nitrogen and oxygen atoms in total. The standard InChI is InChI=1S/C27H44O5/c1-15(14-28)6-5-7-16(2)19-13-22(31)23-17-12-21(30)24-25(32)20(29)9-11-26(24,3)18(17)8-10-27(19,23)4/h15-16,18-21,24-25,28-30,32H,5-14H2,1-4H3/t15-,16+,18-,19+,20-,21?,24?,25-,26+,27+/m0/s1. The maximum Gasteiger partial charge on any atom is 0.159 e. The second-order valence-corrected chi connectivity index (χ2v) is 12.2. The first-order valence-electron chi connectivity index (χ1n) is 13.0. The molecular weight excluding hydrogens is 404 g/mol. The molecule has 0 heterocycles. The summed E-state index contributed by atoms with van der Waals surface area (Å²) in [5.74, 6) is 1.28. The number of aliphatic hydroxyl groups excluding tert-OH is 4. The molecule has 4 aliphatic rings. The van der Waals surface area contributed by atoms with Crippen LogP contribution in [0.3, 0.4) is 0 Å². The number of rotatable bonds is 6. The zero-order chi connectivity index (χ0) is 23.4. The van der Waals surface area contributed by atoms with Gasteiger partial charge < -0.3 is 20.4 Å². The van der Waals surface area contributed by atoms with Crippen molar-refractivity contribution in [1.82, 2.24) is 0 Å². The van der Waals surface area contributed by atoms with E-state index in [1.54, 1.807) is 0 Å². The highest BCUT2D eigenvalue weighted by molar-refractivity contribution is 6.00. The highest BCUT2D eigenvalue weighted by Crippen LogP contribution is 2.65. The Kier molecular flexibility index (Phi) is 6.70. The van der Waals surface area contributed by atoms with Crippen LogP contribution >= 0.6 is 0 Å². The fourth-order valence-corrected chi connectivity index (χ4v) is 8.41. The highest BCUT2D eigenvalue weighted by Gasteiger charge is 2.61. The van der Waals surface area contributed by atoms with Crippen LogP contribution in [0.25, 0.3) is 0 Å². The Hall–Kier alpha value is -0.750. The quantitative estimate of drug-likeness (QED) is 0.497. The van der Waals surface area contributed by atoms with Gasteiger partial charge in [0.05, 0.1) is 18.3 Å². The summed E-state index contributed by atoms with van der Waals surface area (Å²) in [6.07, 6.45) is 5.19. The van der Waals surface area contributed by atoms with Crippen LogP contribution in [0.5, 0.6) is 0 Å². The van der Waals surface area contributed by atoms with Crippen LogP contribution in [0.15, 0.2) is 11.1 Å². The molecule has 4 aliphatic carbocycles. The van der Waals surface area contributed by atoms with E-state index in [0.717, 1.165) is 44.1 Å². The molecule has 4 N–H and O–H groups in total. The lowest BCUT2D eigenvalue weighted by atomic mass is 9.47. The van der Waals surface area contributed by atoms with Gasteiger partial charge in [-0.15, -0.1) is 0 Å². The summed E-state index contributed by atoms with van der Waals surface area (Å²) in [6.45, 7) is 9.06. The predicted molar refractivity (Wildman–Crippen MR) is 124 cm³/mol. The highest BCUT2D eigenvalue weighted by atomic mass is 16.3. The van der Waals surface area contributed by atoms with Gasteiger partial charge in [0.2, 0.25) is 0 Å². The molecule has 0 aromatic rings. The summed E-state index contributed by atoms with van der Waals surface area (Å²) in [5.41, 5.74) is 1.78. The van der Waals surface area contributed by atoms with Crippen molar-refractivity contribution < 1.29 is 25.2 Å². The van der Waals surface area contributed by atoms with Crippen LogP contribution in [0.2, 0.25) is 0 Å². The van der Waals surface area contributed by atoms with Gasteiger partial charge in [0, 0.05) is 24.5 Å². The Labute approximate surface area is 193 Å². The van der Waals surface area contributed by atoms with Crippen LogP contribution in [0, 0.1) is 40.4 Å². The van der Waals surface area contributed by atoms with Crippen LogP contribution < -0.4 is 0 Å². The Morgan fingerprint density at radius 1 is 1.00 bits per heavy atom. The van der Waals surface area contributed by atoms with E-state index in [-0.39, 0.29) is 35.1 Å². The minimum atomic E-state index is -0.892. The molecule has 0 spiro atoms. The SMILES string of the molecule is C[C@H](CO)CCC[C@@H](C)[C@H]1CC(=O)C2=C3CC(O)C4[C@@H](O)[C@@H](O)CC[C@]4(C)[C@H]3CC[C@@]21C. The van der Waals surface area contributed by atoms with E-state index >= 15 is 0 Å². The van der Waals surface area contributed by atoms with Crippen molar-refractivity contribution in [3.63, 3.8) is 0 Å². The van der Waals surface area contributed by atoms with Crippen LogP contribution in [-0.4, -0.2) is 51.1 Å². The summed E-state index contributed by atoms with van der Waals surface area (Å²) in [4.78, 5) is 13.4. The van der Waals surface area contributed by atoms with Crippen LogP contribution in [0.4, 0.5) is 0 Å². The third-order valence-corrected chi connectivity index (χ3v) is 10.3. The summed E-state index contributed by atoms with van der Waals surface area (Å²) < 4.78 is 0. The summed E-state index contributed by atoms with van der Waals surface area (Å²) in [5, 5.41) is 41.4. The first kappa shape index (κ1) is 24.4. The molecule has 0 bridgehead atoms. The molecule has 2 unspecified atom stereocenters. The number of hydrogen-bond donors (Lipinski definition) is 4. The second kappa shape index (κ2) is 8.79. The minimum Gasteiger partial charge on any atom is -0.396 e. The van der Waals surface area contributed by atoms with Crippen molar-refractivity contribution in [2.45, 2.75) is 104 Å². The van der Waals surface area contributed by atoms with Crippen molar-refractivity contribution in [3.05, 3.63) is 11.1 Å². The first-order chi connectivity index (χ1) is 15.0. The minimum absolute atomic E-state index is 0.124. The molecular formula is C27H44O5. The van der Waals surface area contributed by atoms with Gasteiger partial charge in [-0.05, 0) is 73.0 Å². The molecule has 0 amide bonds. The topological polar surface area (TPSA) is 98.0 Å². The van der Waals surface area contributed by atoms with E-state index in [9.17, 15) is 25.2 Å². The lowest BCUT2D eigenvalue weighted by Crippen LogP contribution is -2.59. The zero-order valence-corrected chi connectivity index (χ0v) is 20.4. The van der Waals surface area contributed by atoms with Gasteiger partial charge in [0.1, 0.15) is 0 Å². The molecule has 0 aromatic carbocycles. The Balaban J connectivity index is 1.61. The number of carbonyl (C=O) groups is 1. The number of hydrogen-bond acceptors (Lipinski definition) is 5. The average molecular weight is 449 g/mol. The molecule has 0 aliphatic heterocycles. The number of carbonyl (C=O) groups excluding carboxylic acids is 1. The Morgan fingerprint density at radius 2 is 1.72 bits per heavy atom. The van der Waals surface area contributed by atoms with E-state index < -0.39 is 18.3 Å². The summed E-state index contributed by atoms with van der Waals surface area (Å²) in [6, 6.07) is 0. The Bertz CT molecular complexity index is 761. The van der Waals surface area contributed by atoms with Gasteiger partial charge in [-0.25, -0.2) is 0 Å². The largest absolute Gasteiger partial charge is 0.396 e. The van der Waals surface area contributed by atoms with Crippen molar-refractivity contribution in [1.29, 1.82) is 0 Å². The Morgan fingerprint density at radius 3 is 2.41 bits per heavy atom. The average Bonchev–Trinajstić information content (AvgIpc) is 3.01. The predicted octanol–water partition coefficient (Wildman–Crippen LogP) is 3.63. The molecule has 5 heteroatoms. The molecule has 182 valence electrons. The second-order valence-electron chi connectivity index (χ2n) is 12.2.